The van der Waals surface area contributed by atoms with E-state index in [2.05, 4.69) is 5.32 Å². The maximum atomic E-state index is 12.7. The first-order chi connectivity index (χ1) is 13.1. The Hall–Kier alpha value is -1.75. The number of hydrogen-bond acceptors (Lipinski definition) is 3. The predicted octanol–water partition coefficient (Wildman–Crippen LogP) is 4.56. The van der Waals surface area contributed by atoms with Crippen molar-refractivity contribution in [1.29, 1.82) is 0 Å². The quantitative estimate of drug-likeness (QED) is 0.747. The van der Waals surface area contributed by atoms with E-state index in [4.69, 9.17) is 16.3 Å². The van der Waals surface area contributed by atoms with E-state index in [1.54, 1.807) is 0 Å². The maximum absolute atomic E-state index is 12.7. The molecule has 1 saturated heterocycles. The standard InChI is InChI=1S/C21H29ClN2O3/c1-2-27-20(25)16-11-9-15(10-12-16)14-23-21(26)24-13-5-8-19(24)17-6-3-4-7-18(17)22/h3-4,6-7,15-16,19H,2,5,8-14H2,1H3,(H,23,26)/t15?,16?,19-/m1/s1. The highest BCUT2D eigenvalue weighted by Crippen LogP contribution is 2.35. The number of urea groups is 1. The van der Waals surface area contributed by atoms with Crippen molar-refractivity contribution in [3.63, 3.8) is 0 Å². The number of nitrogens with one attached hydrogen (secondary N) is 1. The molecule has 1 aromatic rings. The van der Waals surface area contributed by atoms with Gasteiger partial charge in [0.25, 0.3) is 0 Å². The van der Waals surface area contributed by atoms with E-state index in [1.165, 1.54) is 0 Å². The highest BCUT2D eigenvalue weighted by atomic mass is 35.5. The lowest BCUT2D eigenvalue weighted by Gasteiger charge is -2.29. The number of likely N-dealkylation sites (tertiary alicyclic amines) is 1. The van der Waals surface area contributed by atoms with Gasteiger partial charge in [-0.25, -0.2) is 4.79 Å². The lowest BCUT2D eigenvalue weighted by molar-refractivity contribution is -0.149. The first-order valence-electron chi connectivity index (χ1n) is 10.1. The van der Waals surface area contributed by atoms with Crippen LogP contribution in [-0.2, 0) is 9.53 Å². The maximum Gasteiger partial charge on any atom is 0.317 e. The monoisotopic (exact) mass is 392 g/mol. The summed E-state index contributed by atoms with van der Waals surface area (Å²) < 4.78 is 5.12. The van der Waals surface area contributed by atoms with Crippen LogP contribution in [0.5, 0.6) is 0 Å². The van der Waals surface area contributed by atoms with Gasteiger partial charge in [0.2, 0.25) is 0 Å². The molecule has 0 spiro atoms. The highest BCUT2D eigenvalue weighted by molar-refractivity contribution is 6.31. The number of carbonyl (C=O) groups is 2. The van der Waals surface area contributed by atoms with Crippen molar-refractivity contribution >= 4 is 23.6 Å². The first-order valence-corrected chi connectivity index (χ1v) is 10.4. The Balaban J connectivity index is 1.48. The minimum absolute atomic E-state index is 0.00932. The van der Waals surface area contributed by atoms with Crippen LogP contribution >= 0.6 is 11.6 Å². The van der Waals surface area contributed by atoms with Crippen LogP contribution in [0.1, 0.15) is 57.1 Å². The van der Waals surface area contributed by atoms with E-state index >= 15 is 0 Å². The average Bonchev–Trinajstić information content (AvgIpc) is 3.17. The van der Waals surface area contributed by atoms with Gasteiger partial charge in [-0.05, 0) is 63.0 Å². The van der Waals surface area contributed by atoms with Gasteiger partial charge in [-0.2, -0.15) is 0 Å². The topological polar surface area (TPSA) is 58.6 Å². The van der Waals surface area contributed by atoms with Gasteiger partial charge in [0.15, 0.2) is 0 Å². The van der Waals surface area contributed by atoms with E-state index in [-0.39, 0.29) is 24.0 Å². The van der Waals surface area contributed by atoms with E-state index in [1.807, 2.05) is 36.1 Å². The van der Waals surface area contributed by atoms with E-state index in [0.717, 1.165) is 55.7 Å². The molecule has 0 radical (unpaired) electrons. The van der Waals surface area contributed by atoms with Crippen LogP contribution in [0.2, 0.25) is 5.02 Å². The number of amides is 2. The Bertz CT molecular complexity index is 659. The van der Waals surface area contributed by atoms with Crippen molar-refractivity contribution in [2.24, 2.45) is 11.8 Å². The van der Waals surface area contributed by atoms with Crippen molar-refractivity contribution in [1.82, 2.24) is 10.2 Å². The van der Waals surface area contributed by atoms with Gasteiger partial charge >= 0.3 is 12.0 Å². The third kappa shape index (κ3) is 4.95. The second-order valence-corrected chi connectivity index (χ2v) is 7.94. The number of esters is 1. The number of ether oxygens (including phenoxy) is 1. The van der Waals surface area contributed by atoms with Gasteiger partial charge in [-0.15, -0.1) is 0 Å². The molecule has 0 bridgehead atoms. The molecule has 1 aromatic carbocycles. The molecule has 3 rings (SSSR count). The molecule has 2 aliphatic rings. The van der Waals surface area contributed by atoms with E-state index in [0.29, 0.717) is 19.1 Å². The summed E-state index contributed by atoms with van der Waals surface area (Å²) in [6.45, 7) is 3.71. The Morgan fingerprint density at radius 3 is 2.63 bits per heavy atom. The van der Waals surface area contributed by atoms with Crippen LogP contribution in [0.4, 0.5) is 4.79 Å². The summed E-state index contributed by atoms with van der Waals surface area (Å²) in [7, 11) is 0. The Labute approximate surface area is 166 Å². The minimum Gasteiger partial charge on any atom is -0.466 e. The van der Waals surface area contributed by atoms with Crippen molar-refractivity contribution in [3.05, 3.63) is 34.9 Å². The van der Waals surface area contributed by atoms with Crippen LogP contribution in [0.15, 0.2) is 24.3 Å². The molecule has 2 amide bonds. The Morgan fingerprint density at radius 1 is 1.19 bits per heavy atom. The summed E-state index contributed by atoms with van der Waals surface area (Å²) in [5.41, 5.74) is 1.03. The number of hydrogen-bond donors (Lipinski definition) is 1. The van der Waals surface area contributed by atoms with Crippen molar-refractivity contribution in [2.75, 3.05) is 19.7 Å². The molecular weight excluding hydrogens is 364 g/mol. The van der Waals surface area contributed by atoms with E-state index in [9.17, 15) is 9.59 Å². The van der Waals surface area contributed by atoms with Gasteiger partial charge in [0.1, 0.15) is 0 Å². The van der Waals surface area contributed by atoms with E-state index < -0.39 is 0 Å². The van der Waals surface area contributed by atoms with Gasteiger partial charge in [-0.1, -0.05) is 29.8 Å². The molecule has 0 unspecified atom stereocenters. The molecular formula is C21H29ClN2O3. The van der Waals surface area contributed by atoms with Gasteiger partial charge in [0, 0.05) is 18.1 Å². The summed E-state index contributed by atoms with van der Waals surface area (Å²) in [5, 5.41) is 3.83. The van der Waals surface area contributed by atoms with Gasteiger partial charge in [0.05, 0.1) is 18.6 Å². The van der Waals surface area contributed by atoms with Crippen LogP contribution in [0, 0.1) is 11.8 Å². The fourth-order valence-corrected chi connectivity index (χ4v) is 4.54. The zero-order chi connectivity index (χ0) is 19.2. The molecule has 0 aromatic heterocycles. The van der Waals surface area contributed by atoms with Crippen LogP contribution in [0.3, 0.4) is 0 Å². The summed E-state index contributed by atoms with van der Waals surface area (Å²) in [6, 6.07) is 7.82. The molecule has 5 nitrogen and oxygen atoms in total. The minimum atomic E-state index is -0.0698. The second kappa shape index (κ2) is 9.45. The summed E-state index contributed by atoms with van der Waals surface area (Å²) in [5.74, 6) is 0.390. The molecule has 1 atom stereocenters. The fourth-order valence-electron chi connectivity index (χ4n) is 4.27. The third-order valence-corrected chi connectivity index (χ3v) is 6.13. The summed E-state index contributed by atoms with van der Waals surface area (Å²) in [4.78, 5) is 26.5. The third-order valence-electron chi connectivity index (χ3n) is 5.79. The smallest absolute Gasteiger partial charge is 0.317 e. The SMILES string of the molecule is CCOC(=O)C1CCC(CNC(=O)N2CCC[C@@H]2c2ccccc2Cl)CC1. The zero-order valence-electron chi connectivity index (χ0n) is 16.0. The fraction of sp³-hybridized carbons (Fsp3) is 0.619. The second-order valence-electron chi connectivity index (χ2n) is 7.53. The average molecular weight is 393 g/mol. The summed E-state index contributed by atoms with van der Waals surface area (Å²) in [6.07, 6.45) is 5.56. The van der Waals surface area contributed by atoms with Crippen LogP contribution in [-0.4, -0.2) is 36.6 Å². The lowest BCUT2D eigenvalue weighted by atomic mass is 9.82. The molecule has 1 aliphatic carbocycles. The molecule has 1 saturated carbocycles. The first kappa shape index (κ1) is 20.0. The molecule has 6 heteroatoms. The van der Waals surface area contributed by atoms with Gasteiger partial charge in [-0.3, -0.25) is 4.79 Å². The molecule has 1 N–H and O–H groups in total. The Morgan fingerprint density at radius 2 is 1.93 bits per heavy atom. The lowest BCUT2D eigenvalue weighted by Crippen LogP contribution is -2.42. The molecule has 148 valence electrons. The van der Waals surface area contributed by atoms with Crippen LogP contribution < -0.4 is 5.32 Å². The number of benzene rings is 1. The molecule has 1 heterocycles. The predicted molar refractivity (Wildman–Crippen MR) is 106 cm³/mol. The number of nitrogens with zero attached hydrogens (tertiary/aromatic N) is 1. The molecule has 2 fully saturated rings. The zero-order valence-corrected chi connectivity index (χ0v) is 16.7. The van der Waals surface area contributed by atoms with Crippen molar-refractivity contribution < 1.29 is 14.3 Å². The normalized spacial score (nSPS) is 25.3. The Kier molecular flexibility index (Phi) is 7.00. The summed E-state index contributed by atoms with van der Waals surface area (Å²) >= 11 is 6.34. The highest BCUT2D eigenvalue weighted by Gasteiger charge is 2.32. The number of halogens is 1. The largest absolute Gasteiger partial charge is 0.466 e. The molecule has 1 aliphatic heterocycles. The van der Waals surface area contributed by atoms with Crippen molar-refractivity contribution in [2.45, 2.75) is 51.5 Å². The van der Waals surface area contributed by atoms with Crippen LogP contribution in [0.25, 0.3) is 0 Å². The molecule has 27 heavy (non-hydrogen) atoms. The number of rotatable bonds is 5. The van der Waals surface area contributed by atoms with Gasteiger partial charge < -0.3 is 15.0 Å². The van der Waals surface area contributed by atoms with Crippen molar-refractivity contribution in [3.8, 4) is 0 Å². The number of carbonyl (C=O) groups excluding carboxylic acids is 2.